The van der Waals surface area contributed by atoms with E-state index in [1.165, 1.54) is 61.2 Å². The van der Waals surface area contributed by atoms with Gasteiger partial charge in [-0.05, 0) is 118 Å². The second-order valence-corrected chi connectivity index (χ2v) is 15.1. The Morgan fingerprint density at radius 1 is 0.586 bits per heavy atom. The van der Waals surface area contributed by atoms with Crippen LogP contribution in [0.25, 0.3) is 16.7 Å². The first-order valence-electron chi connectivity index (χ1n) is 20.5. The average Bonchev–Trinajstić information content (AvgIpc) is 3.60. The van der Waals surface area contributed by atoms with Crippen molar-refractivity contribution in [3.05, 3.63) is 281 Å². The quantitative estimate of drug-likeness (QED) is 0.126. The van der Waals surface area contributed by atoms with Gasteiger partial charge in [-0.25, -0.2) is 0 Å². The molecule has 0 spiro atoms. The van der Waals surface area contributed by atoms with Crippen LogP contribution >= 0.6 is 0 Å². The van der Waals surface area contributed by atoms with Crippen molar-refractivity contribution in [2.24, 2.45) is 0 Å². The molecule has 3 aliphatic rings. The Kier molecular flexibility index (Phi) is 10.5. The van der Waals surface area contributed by atoms with Crippen LogP contribution in [0.4, 0.5) is 11.4 Å². The van der Waals surface area contributed by atoms with Gasteiger partial charge in [0.05, 0.1) is 5.41 Å². The highest BCUT2D eigenvalue weighted by atomic mass is 15.1. The summed E-state index contributed by atoms with van der Waals surface area (Å²) in [5.74, 6) is 0. The van der Waals surface area contributed by atoms with E-state index in [9.17, 15) is 0 Å². The molecule has 1 heteroatoms. The Morgan fingerprint density at radius 3 is 1.86 bits per heavy atom. The average molecular weight is 746 g/mol. The zero-order valence-corrected chi connectivity index (χ0v) is 33.0. The minimum absolute atomic E-state index is 0.488. The van der Waals surface area contributed by atoms with Crippen molar-refractivity contribution in [2.75, 3.05) is 4.90 Å². The van der Waals surface area contributed by atoms with Crippen LogP contribution in [0.2, 0.25) is 0 Å². The summed E-state index contributed by atoms with van der Waals surface area (Å²) in [4.78, 5) is 2.43. The topological polar surface area (TPSA) is 3.24 Å². The maximum Gasteiger partial charge on any atom is 0.0714 e. The van der Waals surface area contributed by atoms with E-state index >= 15 is 0 Å². The van der Waals surface area contributed by atoms with E-state index in [1.54, 1.807) is 0 Å². The monoisotopic (exact) mass is 745 g/mol. The zero-order chi connectivity index (χ0) is 39.2. The third-order valence-corrected chi connectivity index (χ3v) is 11.6. The first-order chi connectivity index (χ1) is 28.7. The SMILES string of the molecule is C/C=C(\C=C/Cc1ccccc1)N(c1ccc(C(/C=C2/C=CC=CC2)=C2\C=CC=CC2)cc1)c1ccc2c(c1)C(c1ccccc1)(c1ccccc1)c1ccccc1-2. The summed E-state index contributed by atoms with van der Waals surface area (Å²) < 4.78 is 0. The molecule has 0 atom stereocenters. The molecule has 280 valence electrons. The van der Waals surface area contributed by atoms with E-state index < -0.39 is 5.41 Å². The Bertz CT molecular complexity index is 2620. The molecule has 1 nitrogen and oxygen atoms in total. The van der Waals surface area contributed by atoms with Gasteiger partial charge in [0.2, 0.25) is 0 Å². The number of rotatable bonds is 10. The molecule has 6 aromatic carbocycles. The molecular weight excluding hydrogens is 699 g/mol. The summed E-state index contributed by atoms with van der Waals surface area (Å²) in [6.07, 6.45) is 29.4. The minimum atomic E-state index is -0.488. The van der Waals surface area contributed by atoms with Gasteiger partial charge in [0.15, 0.2) is 0 Å². The van der Waals surface area contributed by atoms with Crippen molar-refractivity contribution >= 4 is 16.9 Å². The molecule has 0 heterocycles. The van der Waals surface area contributed by atoms with Gasteiger partial charge in [0.25, 0.3) is 0 Å². The zero-order valence-electron chi connectivity index (χ0n) is 33.0. The van der Waals surface area contributed by atoms with E-state index in [4.69, 9.17) is 0 Å². The number of fused-ring (bicyclic) bond motifs is 3. The maximum atomic E-state index is 2.46. The minimum Gasteiger partial charge on any atom is -0.311 e. The molecule has 0 aromatic heterocycles. The Morgan fingerprint density at radius 2 is 1.21 bits per heavy atom. The van der Waals surface area contributed by atoms with Crippen molar-refractivity contribution < 1.29 is 0 Å². The molecule has 3 aliphatic carbocycles. The van der Waals surface area contributed by atoms with Crippen LogP contribution in [-0.2, 0) is 11.8 Å². The molecule has 0 radical (unpaired) electrons. The molecule has 0 N–H and O–H groups in total. The number of hydrogen-bond donors (Lipinski definition) is 0. The third-order valence-electron chi connectivity index (χ3n) is 11.6. The second-order valence-electron chi connectivity index (χ2n) is 15.1. The van der Waals surface area contributed by atoms with Crippen molar-refractivity contribution in [3.8, 4) is 11.1 Å². The molecule has 9 rings (SSSR count). The van der Waals surface area contributed by atoms with Gasteiger partial charge in [-0.3, -0.25) is 0 Å². The second kappa shape index (κ2) is 16.6. The molecule has 0 saturated heterocycles. The van der Waals surface area contributed by atoms with Crippen LogP contribution in [0.5, 0.6) is 0 Å². The molecule has 0 saturated carbocycles. The maximum absolute atomic E-state index is 2.46. The van der Waals surface area contributed by atoms with Crippen molar-refractivity contribution in [3.63, 3.8) is 0 Å². The van der Waals surface area contributed by atoms with E-state index in [-0.39, 0.29) is 0 Å². The molecule has 58 heavy (non-hydrogen) atoms. The van der Waals surface area contributed by atoms with E-state index in [0.717, 1.165) is 36.3 Å². The van der Waals surface area contributed by atoms with Crippen molar-refractivity contribution in [2.45, 2.75) is 31.6 Å². The fourth-order valence-corrected chi connectivity index (χ4v) is 8.94. The Balaban J connectivity index is 1.21. The van der Waals surface area contributed by atoms with Crippen LogP contribution in [-0.4, -0.2) is 0 Å². The largest absolute Gasteiger partial charge is 0.311 e. The smallest absolute Gasteiger partial charge is 0.0714 e. The van der Waals surface area contributed by atoms with Gasteiger partial charge in [-0.15, -0.1) is 0 Å². The van der Waals surface area contributed by atoms with Gasteiger partial charge in [-0.1, -0.05) is 200 Å². The molecular formula is C57H47N. The molecule has 0 bridgehead atoms. The molecule has 0 unspecified atom stereocenters. The Hall–Kier alpha value is -6.96. The first-order valence-corrected chi connectivity index (χ1v) is 20.5. The number of nitrogens with zero attached hydrogens (tertiary/aromatic N) is 1. The van der Waals surface area contributed by atoms with E-state index in [2.05, 4.69) is 242 Å². The number of anilines is 2. The van der Waals surface area contributed by atoms with Gasteiger partial charge < -0.3 is 4.90 Å². The van der Waals surface area contributed by atoms with Gasteiger partial charge >= 0.3 is 0 Å². The molecule has 0 aliphatic heterocycles. The standard InChI is InChI=1S/C57H47N/c1-2-49(32-20-25-43-21-8-3-9-22-43)58(50-37-35-46(36-38-50)54(45-26-12-5-13-27-45)41-44-23-10-4-11-24-44)51-39-40-53-52-33-18-19-34-55(52)57(56(53)42-51,47-28-14-6-15-29-47)48-30-16-7-17-31-48/h2-23,26,28-42H,24-25,27H2,1H3/b32-20-,44-41-,49-2+,54-45+. The lowest BCUT2D eigenvalue weighted by molar-refractivity contribution is 0.768. The van der Waals surface area contributed by atoms with Crippen LogP contribution in [0.15, 0.2) is 247 Å². The summed E-state index contributed by atoms with van der Waals surface area (Å²) in [5, 5.41) is 0. The third kappa shape index (κ3) is 7.01. The molecule has 6 aromatic rings. The number of allylic oxidation sites excluding steroid dienone is 15. The molecule has 0 fully saturated rings. The fourth-order valence-electron chi connectivity index (χ4n) is 8.94. The van der Waals surface area contributed by atoms with Crippen LogP contribution in [0.1, 0.15) is 53.1 Å². The first kappa shape index (κ1) is 36.7. The lowest BCUT2D eigenvalue weighted by Crippen LogP contribution is -2.28. The number of benzene rings is 6. The van der Waals surface area contributed by atoms with Crippen LogP contribution in [0.3, 0.4) is 0 Å². The van der Waals surface area contributed by atoms with Crippen molar-refractivity contribution in [1.82, 2.24) is 0 Å². The van der Waals surface area contributed by atoms with Gasteiger partial charge in [-0.2, -0.15) is 0 Å². The van der Waals surface area contributed by atoms with Crippen molar-refractivity contribution in [1.29, 1.82) is 0 Å². The number of hydrogen-bond acceptors (Lipinski definition) is 1. The Labute approximate surface area is 344 Å². The predicted octanol–water partition coefficient (Wildman–Crippen LogP) is 14.6. The summed E-state index contributed by atoms with van der Waals surface area (Å²) in [6, 6.07) is 58.1. The molecule has 0 amide bonds. The summed E-state index contributed by atoms with van der Waals surface area (Å²) >= 11 is 0. The fraction of sp³-hybridized carbons (Fsp3) is 0.0877. The van der Waals surface area contributed by atoms with Crippen LogP contribution in [0, 0.1) is 0 Å². The summed E-state index contributed by atoms with van der Waals surface area (Å²) in [5.41, 5.74) is 17.0. The lowest BCUT2D eigenvalue weighted by atomic mass is 9.67. The normalized spacial score (nSPS) is 16.8. The summed E-state index contributed by atoms with van der Waals surface area (Å²) in [6.45, 7) is 2.15. The highest BCUT2D eigenvalue weighted by molar-refractivity contribution is 5.89. The highest BCUT2D eigenvalue weighted by Gasteiger charge is 2.46. The van der Waals surface area contributed by atoms with E-state index in [1.807, 2.05) is 0 Å². The lowest BCUT2D eigenvalue weighted by Gasteiger charge is -2.35. The van der Waals surface area contributed by atoms with Crippen LogP contribution < -0.4 is 4.90 Å². The van der Waals surface area contributed by atoms with Gasteiger partial charge in [0, 0.05) is 17.1 Å². The van der Waals surface area contributed by atoms with Gasteiger partial charge in [0.1, 0.15) is 0 Å². The predicted molar refractivity (Wildman–Crippen MR) is 246 cm³/mol. The summed E-state index contributed by atoms with van der Waals surface area (Å²) in [7, 11) is 0. The highest BCUT2D eigenvalue weighted by Crippen LogP contribution is 2.57. The van der Waals surface area contributed by atoms with E-state index in [0.29, 0.717) is 0 Å².